The zero-order valence-electron chi connectivity index (χ0n) is 23.9. The van der Waals surface area contributed by atoms with E-state index in [4.69, 9.17) is 18.9 Å². The number of hydrogen-bond donors (Lipinski definition) is 1. The van der Waals surface area contributed by atoms with Crippen LogP contribution in [-0.2, 0) is 18.6 Å². The topological polar surface area (TPSA) is 117 Å². The number of aromatic nitrogens is 5. The molecular formula is C29H36N6O5. The van der Waals surface area contributed by atoms with Crippen LogP contribution in [0.1, 0.15) is 63.5 Å². The predicted molar refractivity (Wildman–Crippen MR) is 150 cm³/mol. The molecule has 40 heavy (non-hydrogen) atoms. The summed E-state index contributed by atoms with van der Waals surface area (Å²) in [5.41, 5.74) is 1.88. The Hall–Kier alpha value is -4.12. The van der Waals surface area contributed by atoms with Crippen molar-refractivity contribution in [3.05, 3.63) is 63.7 Å². The highest BCUT2D eigenvalue weighted by Crippen LogP contribution is 2.36. The van der Waals surface area contributed by atoms with Gasteiger partial charge < -0.3 is 23.9 Å². The third kappa shape index (κ3) is 5.21. The van der Waals surface area contributed by atoms with E-state index in [1.54, 1.807) is 20.3 Å². The van der Waals surface area contributed by atoms with Crippen LogP contribution in [0.3, 0.4) is 0 Å². The first-order chi connectivity index (χ1) is 19.3. The Kier molecular flexibility index (Phi) is 7.66. The second kappa shape index (κ2) is 11.2. The van der Waals surface area contributed by atoms with Crippen molar-refractivity contribution in [2.24, 2.45) is 0 Å². The van der Waals surface area contributed by atoms with Crippen LogP contribution in [0.2, 0.25) is 0 Å². The van der Waals surface area contributed by atoms with E-state index in [9.17, 15) is 4.79 Å². The lowest BCUT2D eigenvalue weighted by atomic mass is 10.0. The molecule has 1 N–H and O–H groups in total. The maximum Gasteiger partial charge on any atom is 0.252 e. The molecule has 0 aliphatic carbocycles. The highest BCUT2D eigenvalue weighted by molar-refractivity contribution is 5.83. The van der Waals surface area contributed by atoms with E-state index in [1.807, 2.05) is 35.0 Å². The van der Waals surface area contributed by atoms with E-state index >= 15 is 0 Å². The van der Waals surface area contributed by atoms with E-state index in [1.165, 1.54) is 0 Å². The quantitative estimate of drug-likeness (QED) is 0.288. The van der Waals surface area contributed by atoms with Crippen LogP contribution in [0.25, 0.3) is 10.9 Å². The number of benzene rings is 2. The molecule has 0 fully saturated rings. The van der Waals surface area contributed by atoms with Crippen molar-refractivity contribution in [3.63, 3.8) is 0 Å². The molecule has 212 valence electrons. The van der Waals surface area contributed by atoms with Gasteiger partial charge in [-0.3, -0.25) is 9.69 Å². The average molecular weight is 549 g/mol. The fourth-order valence-corrected chi connectivity index (χ4v) is 5.05. The van der Waals surface area contributed by atoms with Gasteiger partial charge in [-0.15, -0.1) is 5.10 Å². The fourth-order valence-electron chi connectivity index (χ4n) is 5.05. The summed E-state index contributed by atoms with van der Waals surface area (Å²) in [5, 5.41) is 13.7. The second-order valence-corrected chi connectivity index (χ2v) is 10.5. The largest absolute Gasteiger partial charge is 0.493 e. The maximum absolute atomic E-state index is 13.4. The smallest absolute Gasteiger partial charge is 0.252 e. The summed E-state index contributed by atoms with van der Waals surface area (Å²) in [6.45, 7) is 9.59. The molecule has 2 aromatic heterocycles. The minimum absolute atomic E-state index is 0.160. The first kappa shape index (κ1) is 27.4. The number of nitrogens with zero attached hydrogens (tertiary/aromatic N) is 5. The Labute approximate surface area is 233 Å². The molecule has 0 bridgehead atoms. The molecule has 1 atom stereocenters. The number of nitrogens with one attached hydrogen (secondary N) is 1. The van der Waals surface area contributed by atoms with Crippen molar-refractivity contribution >= 4 is 10.9 Å². The summed E-state index contributed by atoms with van der Waals surface area (Å²) >= 11 is 0. The van der Waals surface area contributed by atoms with Gasteiger partial charge in [0.05, 0.1) is 31.3 Å². The molecule has 1 aliphatic heterocycles. The summed E-state index contributed by atoms with van der Waals surface area (Å²) < 4.78 is 24.0. The van der Waals surface area contributed by atoms with Gasteiger partial charge in [0.2, 0.25) is 6.79 Å². The molecule has 0 radical (unpaired) electrons. The molecule has 11 heteroatoms. The van der Waals surface area contributed by atoms with Crippen molar-refractivity contribution < 1.29 is 18.9 Å². The van der Waals surface area contributed by atoms with Crippen molar-refractivity contribution in [1.29, 1.82) is 0 Å². The minimum Gasteiger partial charge on any atom is -0.493 e. The van der Waals surface area contributed by atoms with Crippen molar-refractivity contribution in [1.82, 2.24) is 30.1 Å². The normalized spacial score (nSPS) is 13.7. The Bertz CT molecular complexity index is 1560. The second-order valence-electron chi connectivity index (χ2n) is 10.5. The van der Waals surface area contributed by atoms with Gasteiger partial charge in [-0.1, -0.05) is 19.9 Å². The molecule has 1 aliphatic rings. The molecule has 11 nitrogen and oxygen atoms in total. The van der Waals surface area contributed by atoms with Crippen molar-refractivity contribution in [2.75, 3.05) is 21.0 Å². The molecule has 5 rings (SSSR count). The Morgan fingerprint density at radius 1 is 1.05 bits per heavy atom. The summed E-state index contributed by atoms with van der Waals surface area (Å²) in [6.07, 6.45) is 1.60. The molecule has 1 unspecified atom stereocenters. The van der Waals surface area contributed by atoms with Crippen molar-refractivity contribution in [2.45, 2.75) is 65.2 Å². The summed E-state index contributed by atoms with van der Waals surface area (Å²) in [7, 11) is 3.17. The molecular weight excluding hydrogens is 512 g/mol. The van der Waals surface area contributed by atoms with E-state index in [0.29, 0.717) is 41.4 Å². The van der Waals surface area contributed by atoms with Crippen LogP contribution >= 0.6 is 0 Å². The zero-order valence-corrected chi connectivity index (χ0v) is 23.9. The maximum atomic E-state index is 13.4. The van der Waals surface area contributed by atoms with Crippen LogP contribution in [0.15, 0.2) is 41.2 Å². The van der Waals surface area contributed by atoms with E-state index in [0.717, 1.165) is 35.4 Å². The third-order valence-electron chi connectivity index (χ3n) is 7.68. The van der Waals surface area contributed by atoms with Crippen LogP contribution in [-0.4, -0.2) is 51.1 Å². The Morgan fingerprint density at radius 3 is 2.52 bits per heavy atom. The standard InChI is InChI=1S/C29H36N6O5/c1-7-22(27-31-32-33-35(27)29(3,4)8-2)34(15-18-9-10-23-26(11-18)40-17-39-23)16-20-12-19-13-24(37-5)25(38-6)14-21(19)30-28(20)36/h9-14,22H,7-8,15-17H2,1-6H3,(H,30,36). The number of rotatable bonds is 11. The number of aromatic amines is 1. The lowest BCUT2D eigenvalue weighted by molar-refractivity contribution is 0.150. The SMILES string of the molecule is CCC(c1nnnn1C(C)(C)CC)N(Cc1ccc2c(c1)OCO2)Cc1cc2cc(OC)c(OC)cc2[nH]c1=O. The molecule has 2 aromatic carbocycles. The first-order valence-corrected chi connectivity index (χ1v) is 13.5. The summed E-state index contributed by atoms with van der Waals surface area (Å²) in [6, 6.07) is 11.3. The van der Waals surface area contributed by atoms with Crippen LogP contribution in [0, 0.1) is 0 Å². The number of fused-ring (bicyclic) bond motifs is 2. The van der Waals surface area contributed by atoms with Gasteiger partial charge in [-0.05, 0) is 66.9 Å². The van der Waals surface area contributed by atoms with Crippen LogP contribution in [0.5, 0.6) is 23.0 Å². The van der Waals surface area contributed by atoms with E-state index in [2.05, 4.69) is 53.1 Å². The van der Waals surface area contributed by atoms with Crippen molar-refractivity contribution in [3.8, 4) is 23.0 Å². The number of methoxy groups -OCH3 is 2. The number of ether oxygens (including phenoxy) is 4. The lowest BCUT2D eigenvalue weighted by Gasteiger charge is -2.33. The highest BCUT2D eigenvalue weighted by atomic mass is 16.7. The third-order valence-corrected chi connectivity index (χ3v) is 7.68. The predicted octanol–water partition coefficient (Wildman–Crippen LogP) is 4.56. The van der Waals surface area contributed by atoms with Gasteiger partial charge in [0.25, 0.3) is 5.56 Å². The number of H-pyrrole nitrogens is 1. The monoisotopic (exact) mass is 548 g/mol. The minimum atomic E-state index is -0.271. The van der Waals surface area contributed by atoms with Gasteiger partial charge in [0.1, 0.15) is 0 Å². The summed E-state index contributed by atoms with van der Waals surface area (Å²) in [4.78, 5) is 18.6. The Balaban J connectivity index is 1.57. The molecule has 3 heterocycles. The fraction of sp³-hybridized carbons (Fsp3) is 0.448. The number of tetrazole rings is 1. The molecule has 0 saturated carbocycles. The molecule has 0 saturated heterocycles. The van der Waals surface area contributed by atoms with E-state index < -0.39 is 0 Å². The Morgan fingerprint density at radius 2 is 1.80 bits per heavy atom. The first-order valence-electron chi connectivity index (χ1n) is 13.5. The molecule has 4 aromatic rings. The van der Waals surface area contributed by atoms with Crippen LogP contribution in [0.4, 0.5) is 0 Å². The molecule has 0 amide bonds. The van der Waals surface area contributed by atoms with Gasteiger partial charge in [0, 0.05) is 30.1 Å². The zero-order chi connectivity index (χ0) is 28.4. The van der Waals surface area contributed by atoms with Gasteiger partial charge >= 0.3 is 0 Å². The average Bonchev–Trinajstić information content (AvgIpc) is 3.63. The van der Waals surface area contributed by atoms with E-state index in [-0.39, 0.29) is 23.9 Å². The van der Waals surface area contributed by atoms with Gasteiger partial charge in [0.15, 0.2) is 28.8 Å². The molecule has 0 spiro atoms. The van der Waals surface area contributed by atoms with Gasteiger partial charge in [-0.2, -0.15) is 0 Å². The van der Waals surface area contributed by atoms with Crippen LogP contribution < -0.4 is 24.5 Å². The van der Waals surface area contributed by atoms with Gasteiger partial charge in [-0.25, -0.2) is 4.68 Å². The summed E-state index contributed by atoms with van der Waals surface area (Å²) in [5.74, 6) is 3.36. The highest BCUT2D eigenvalue weighted by Gasteiger charge is 2.31. The number of hydrogen-bond acceptors (Lipinski definition) is 9. The number of pyridine rings is 1. The lowest BCUT2D eigenvalue weighted by Crippen LogP contribution is -2.36.